The highest BCUT2D eigenvalue weighted by Crippen LogP contribution is 2.26. The molecule has 0 aromatic carbocycles. The second-order valence-electron chi connectivity index (χ2n) is 8.76. The maximum atomic E-state index is 9.05. The minimum atomic E-state index is -3.83. The lowest BCUT2D eigenvalue weighted by Gasteiger charge is -2.20. The van der Waals surface area contributed by atoms with Crippen LogP contribution in [0.25, 0.3) is 0 Å². The predicted molar refractivity (Wildman–Crippen MR) is 119 cm³/mol. The smallest absolute Gasteiger partial charge is 0.390 e. The van der Waals surface area contributed by atoms with E-state index in [9.17, 15) is 0 Å². The largest absolute Gasteiger partial charge is 0.492 e. The third kappa shape index (κ3) is 20.6. The quantitative estimate of drug-likeness (QED) is 0.155. The van der Waals surface area contributed by atoms with E-state index >= 15 is 0 Å². The Hall–Kier alpha value is 0.0969. The van der Waals surface area contributed by atoms with Crippen molar-refractivity contribution in [1.29, 1.82) is 0 Å². The van der Waals surface area contributed by atoms with Crippen molar-refractivity contribution in [3.63, 3.8) is 0 Å². The molecule has 0 fully saturated rings. The number of rotatable bonds is 20. The molecule has 0 heterocycles. The van der Waals surface area contributed by atoms with Crippen LogP contribution in [0, 0.1) is 11.8 Å². The zero-order valence-electron chi connectivity index (χ0n) is 18.6. The third-order valence-corrected chi connectivity index (χ3v) is 6.94. The van der Waals surface area contributed by atoms with Gasteiger partial charge in [-0.3, -0.25) is 0 Å². The van der Waals surface area contributed by atoms with Crippen LogP contribution in [0.2, 0.25) is 6.04 Å². The Balaban J connectivity index is 3.31. The molecule has 1 unspecified atom stereocenters. The molecule has 0 amide bonds. The minimum Gasteiger partial charge on any atom is -0.390 e. The van der Waals surface area contributed by atoms with Crippen LogP contribution in [0.4, 0.5) is 0 Å². The minimum absolute atomic E-state index is 0.163. The molecule has 0 aromatic heterocycles. The average molecular weight is 402 g/mol. The molecule has 4 heteroatoms. The second-order valence-corrected chi connectivity index (χ2v) is 10.8. The highest BCUT2D eigenvalue weighted by atomic mass is 28.4. The molecule has 1 atom stereocenters. The average Bonchev–Trinajstić information content (AvgIpc) is 2.60. The van der Waals surface area contributed by atoms with Crippen LogP contribution in [0.5, 0.6) is 0 Å². The monoisotopic (exact) mass is 401 g/mol. The summed E-state index contributed by atoms with van der Waals surface area (Å²) in [7, 11) is -3.83. The highest BCUT2D eigenvalue weighted by Gasteiger charge is 2.26. The van der Waals surface area contributed by atoms with Gasteiger partial charge in [0.2, 0.25) is 0 Å². The van der Waals surface area contributed by atoms with E-state index in [0.29, 0.717) is 12.3 Å². The van der Waals surface area contributed by atoms with Gasteiger partial charge in [0, 0.05) is 6.04 Å². The van der Waals surface area contributed by atoms with Crippen LogP contribution >= 0.6 is 0 Å². The summed E-state index contributed by atoms with van der Waals surface area (Å²) in [6, 6.07) is 0.163. The van der Waals surface area contributed by atoms with Crippen molar-refractivity contribution in [2.45, 2.75) is 136 Å². The van der Waals surface area contributed by atoms with Crippen LogP contribution in [0.3, 0.4) is 0 Å². The van der Waals surface area contributed by atoms with Gasteiger partial charge in [0.15, 0.2) is 0 Å². The molecule has 0 spiro atoms. The van der Waals surface area contributed by atoms with Gasteiger partial charge in [0.25, 0.3) is 0 Å². The Bertz CT molecular complexity index is 304. The van der Waals surface area contributed by atoms with Gasteiger partial charge in [0.1, 0.15) is 0 Å². The first kappa shape index (κ1) is 27.1. The van der Waals surface area contributed by atoms with E-state index in [4.69, 9.17) is 14.4 Å². The van der Waals surface area contributed by atoms with E-state index < -0.39 is 8.80 Å². The fraction of sp³-hybridized carbons (Fsp3) is 0.957. The first-order valence-corrected chi connectivity index (χ1v) is 13.9. The standard InChI is InChI=1S/C23H49O3Si/c1-4-5-6-7-8-9-10-11-12-13-14-15-16-17-19-22(2)23(3)20-18-21-27(24,25)26/h22,24-26H,4-21H2,1-3H3. The van der Waals surface area contributed by atoms with Crippen LogP contribution in [0.15, 0.2) is 0 Å². The van der Waals surface area contributed by atoms with E-state index in [1.54, 1.807) is 0 Å². The number of hydrogen-bond acceptors (Lipinski definition) is 3. The predicted octanol–water partition coefficient (Wildman–Crippen LogP) is 6.78. The molecule has 0 aliphatic carbocycles. The molecule has 0 saturated carbocycles. The first-order chi connectivity index (χ1) is 12.9. The molecule has 3 nitrogen and oxygen atoms in total. The molecule has 27 heavy (non-hydrogen) atoms. The molecular weight excluding hydrogens is 352 g/mol. The Morgan fingerprint density at radius 2 is 1.07 bits per heavy atom. The van der Waals surface area contributed by atoms with Gasteiger partial charge in [-0.15, -0.1) is 0 Å². The molecule has 163 valence electrons. The van der Waals surface area contributed by atoms with Crippen LogP contribution in [0.1, 0.15) is 130 Å². The van der Waals surface area contributed by atoms with Crippen molar-refractivity contribution < 1.29 is 14.4 Å². The van der Waals surface area contributed by atoms with Crippen molar-refractivity contribution in [2.24, 2.45) is 5.92 Å². The summed E-state index contributed by atoms with van der Waals surface area (Å²) in [6.07, 6.45) is 22.4. The van der Waals surface area contributed by atoms with Gasteiger partial charge in [-0.25, -0.2) is 0 Å². The Labute approximate surface area is 171 Å². The van der Waals surface area contributed by atoms with E-state index in [2.05, 4.69) is 20.8 Å². The number of unbranched alkanes of at least 4 members (excludes halogenated alkanes) is 13. The highest BCUT2D eigenvalue weighted by molar-refractivity contribution is 6.56. The lowest BCUT2D eigenvalue weighted by Crippen LogP contribution is -2.34. The topological polar surface area (TPSA) is 60.7 Å². The van der Waals surface area contributed by atoms with Crippen molar-refractivity contribution in [1.82, 2.24) is 0 Å². The van der Waals surface area contributed by atoms with Gasteiger partial charge < -0.3 is 14.4 Å². The lowest BCUT2D eigenvalue weighted by atomic mass is 9.87. The summed E-state index contributed by atoms with van der Waals surface area (Å²) < 4.78 is 0. The normalized spacial score (nSPS) is 13.4. The SMILES string of the molecule is CCCCCCCCCCCCCCCCC(C)[C](C)CCC[Si](O)(O)O. The third-order valence-electron chi connectivity index (χ3n) is 5.92. The summed E-state index contributed by atoms with van der Waals surface area (Å²) in [4.78, 5) is 27.2. The van der Waals surface area contributed by atoms with Crippen molar-refractivity contribution in [3.05, 3.63) is 5.92 Å². The van der Waals surface area contributed by atoms with Crippen LogP contribution in [-0.4, -0.2) is 23.2 Å². The summed E-state index contributed by atoms with van der Waals surface area (Å²) >= 11 is 0. The Morgan fingerprint density at radius 3 is 1.48 bits per heavy atom. The summed E-state index contributed by atoms with van der Waals surface area (Å²) in [6.45, 7) is 6.73. The van der Waals surface area contributed by atoms with Crippen LogP contribution in [-0.2, 0) is 0 Å². The van der Waals surface area contributed by atoms with Crippen LogP contribution < -0.4 is 0 Å². The van der Waals surface area contributed by atoms with Gasteiger partial charge in [-0.2, -0.15) is 0 Å². The summed E-state index contributed by atoms with van der Waals surface area (Å²) in [5, 5.41) is 0. The van der Waals surface area contributed by atoms with E-state index in [1.165, 1.54) is 102 Å². The van der Waals surface area contributed by atoms with Gasteiger partial charge in [0.05, 0.1) is 0 Å². The fourth-order valence-electron chi connectivity index (χ4n) is 3.74. The van der Waals surface area contributed by atoms with E-state index in [1.807, 2.05) is 0 Å². The molecule has 0 aliphatic rings. The maximum Gasteiger partial charge on any atom is 0.492 e. The summed E-state index contributed by atoms with van der Waals surface area (Å²) in [5.41, 5.74) is 0. The maximum absolute atomic E-state index is 9.05. The zero-order chi connectivity index (χ0) is 20.4. The molecule has 0 aliphatic heterocycles. The van der Waals surface area contributed by atoms with Gasteiger partial charge in [-0.05, 0) is 24.7 Å². The number of hydrogen-bond donors (Lipinski definition) is 3. The van der Waals surface area contributed by atoms with Crippen molar-refractivity contribution in [2.75, 3.05) is 0 Å². The zero-order valence-corrected chi connectivity index (χ0v) is 19.6. The van der Waals surface area contributed by atoms with E-state index in [0.717, 1.165) is 6.42 Å². The van der Waals surface area contributed by atoms with E-state index in [-0.39, 0.29) is 6.04 Å². The molecular formula is C23H49O3Si. The Kier molecular flexibility index (Phi) is 18.2. The molecule has 0 saturated heterocycles. The molecule has 0 bridgehead atoms. The molecule has 3 N–H and O–H groups in total. The molecule has 0 rings (SSSR count). The van der Waals surface area contributed by atoms with Crippen molar-refractivity contribution in [3.8, 4) is 0 Å². The Morgan fingerprint density at radius 1 is 0.667 bits per heavy atom. The molecule has 0 aromatic rings. The van der Waals surface area contributed by atoms with Gasteiger partial charge >= 0.3 is 8.80 Å². The summed E-state index contributed by atoms with van der Waals surface area (Å²) in [5.74, 6) is 2.04. The van der Waals surface area contributed by atoms with Gasteiger partial charge in [-0.1, -0.05) is 117 Å². The lowest BCUT2D eigenvalue weighted by molar-refractivity contribution is 0.226. The fourth-order valence-corrected chi connectivity index (χ4v) is 4.39. The second kappa shape index (κ2) is 18.1. The molecule has 1 radical (unpaired) electrons. The van der Waals surface area contributed by atoms with Crippen molar-refractivity contribution >= 4 is 8.80 Å². The first-order valence-electron chi connectivity index (χ1n) is 11.9.